The quantitative estimate of drug-likeness (QED) is 0.913. The summed E-state index contributed by atoms with van der Waals surface area (Å²) in [7, 11) is 0. The van der Waals surface area contributed by atoms with E-state index in [1.54, 1.807) is 0 Å². The highest BCUT2D eigenvalue weighted by Gasteiger charge is 2.19. The number of hydrogen-bond acceptors (Lipinski definition) is 2. The van der Waals surface area contributed by atoms with Gasteiger partial charge in [0, 0.05) is 30.0 Å². The first-order chi connectivity index (χ1) is 10.3. The molecule has 0 aromatic heterocycles. The fraction of sp³-hybridized carbons (Fsp3) is 0.278. The molecule has 0 spiro atoms. The molecule has 0 bridgehead atoms. The first-order valence-electron chi connectivity index (χ1n) is 7.53. The third kappa shape index (κ3) is 2.92. The number of nitrogens with zero attached hydrogens (tertiary/aromatic N) is 1. The lowest BCUT2D eigenvalue weighted by molar-refractivity contribution is -0.116. The van der Waals surface area contributed by atoms with Crippen LogP contribution in [-0.2, 0) is 11.2 Å². The topological polar surface area (TPSA) is 32.3 Å². The summed E-state index contributed by atoms with van der Waals surface area (Å²) in [5.74, 6) is 0.0803. The van der Waals surface area contributed by atoms with Gasteiger partial charge < -0.3 is 10.2 Å². The van der Waals surface area contributed by atoms with E-state index in [4.69, 9.17) is 0 Å². The zero-order valence-electron chi connectivity index (χ0n) is 12.3. The molecule has 1 aliphatic rings. The minimum absolute atomic E-state index is 0.0803. The van der Waals surface area contributed by atoms with Crippen molar-refractivity contribution in [3.63, 3.8) is 0 Å². The summed E-state index contributed by atoms with van der Waals surface area (Å²) < 4.78 is 0. The third-order valence-corrected chi connectivity index (χ3v) is 3.83. The van der Waals surface area contributed by atoms with E-state index in [9.17, 15) is 4.79 Å². The Kier molecular flexibility index (Phi) is 3.91. The minimum atomic E-state index is 0.0803. The number of hydrogen-bond donors (Lipinski definition) is 1. The Morgan fingerprint density at radius 3 is 2.67 bits per heavy atom. The Bertz CT molecular complexity index is 634. The second kappa shape index (κ2) is 6.00. The lowest BCUT2D eigenvalue weighted by atomic mass is 10.2. The molecule has 3 heteroatoms. The summed E-state index contributed by atoms with van der Waals surface area (Å²) >= 11 is 0. The van der Waals surface area contributed by atoms with Gasteiger partial charge in [0.25, 0.3) is 0 Å². The standard InChI is InChI=1S/C18H20N2O/c1-2-5-18(21)19-15-8-10-16(11-9-15)20-13-12-14-6-3-4-7-17(14)20/h3-4,6-11H,2,5,12-13H2,1H3,(H,19,21). The van der Waals surface area contributed by atoms with Gasteiger partial charge >= 0.3 is 0 Å². The summed E-state index contributed by atoms with van der Waals surface area (Å²) in [6.07, 6.45) is 2.53. The van der Waals surface area contributed by atoms with Crippen LogP contribution in [0.25, 0.3) is 0 Å². The minimum Gasteiger partial charge on any atom is -0.341 e. The molecule has 108 valence electrons. The number of para-hydroxylation sites is 1. The van der Waals surface area contributed by atoms with Crippen LogP contribution in [0.2, 0.25) is 0 Å². The van der Waals surface area contributed by atoms with E-state index in [0.717, 1.165) is 25.1 Å². The number of benzene rings is 2. The van der Waals surface area contributed by atoms with E-state index in [-0.39, 0.29) is 5.91 Å². The monoisotopic (exact) mass is 280 g/mol. The average molecular weight is 280 g/mol. The van der Waals surface area contributed by atoms with E-state index in [1.165, 1.54) is 16.9 Å². The summed E-state index contributed by atoms with van der Waals surface area (Å²) in [4.78, 5) is 13.9. The van der Waals surface area contributed by atoms with Crippen molar-refractivity contribution >= 4 is 23.0 Å². The molecule has 21 heavy (non-hydrogen) atoms. The average Bonchev–Trinajstić information content (AvgIpc) is 2.92. The number of amides is 1. The predicted octanol–water partition coefficient (Wildman–Crippen LogP) is 4.12. The van der Waals surface area contributed by atoms with Gasteiger partial charge in [0.2, 0.25) is 5.91 Å². The Labute approximate surface area is 125 Å². The zero-order valence-corrected chi connectivity index (χ0v) is 12.3. The van der Waals surface area contributed by atoms with Crippen molar-refractivity contribution in [2.24, 2.45) is 0 Å². The first-order valence-corrected chi connectivity index (χ1v) is 7.53. The van der Waals surface area contributed by atoms with Crippen LogP contribution < -0.4 is 10.2 Å². The molecule has 1 heterocycles. The largest absolute Gasteiger partial charge is 0.341 e. The number of carbonyl (C=O) groups is 1. The van der Waals surface area contributed by atoms with Gasteiger partial charge in [0.1, 0.15) is 0 Å². The van der Waals surface area contributed by atoms with Gasteiger partial charge in [-0.25, -0.2) is 0 Å². The van der Waals surface area contributed by atoms with Crippen LogP contribution >= 0.6 is 0 Å². The van der Waals surface area contributed by atoms with Gasteiger partial charge in [-0.3, -0.25) is 4.79 Å². The maximum atomic E-state index is 11.6. The highest BCUT2D eigenvalue weighted by Crippen LogP contribution is 2.34. The normalized spacial score (nSPS) is 13.1. The fourth-order valence-corrected chi connectivity index (χ4v) is 2.78. The van der Waals surface area contributed by atoms with Crippen molar-refractivity contribution in [1.82, 2.24) is 0 Å². The molecule has 3 nitrogen and oxygen atoms in total. The Morgan fingerprint density at radius 1 is 1.14 bits per heavy atom. The second-order valence-electron chi connectivity index (χ2n) is 5.38. The van der Waals surface area contributed by atoms with Crippen LogP contribution in [0.1, 0.15) is 25.3 Å². The zero-order chi connectivity index (χ0) is 14.7. The first kappa shape index (κ1) is 13.7. The molecule has 0 fully saturated rings. The van der Waals surface area contributed by atoms with Crippen molar-refractivity contribution in [1.29, 1.82) is 0 Å². The van der Waals surface area contributed by atoms with Crippen molar-refractivity contribution in [3.05, 3.63) is 54.1 Å². The molecule has 2 aromatic carbocycles. The van der Waals surface area contributed by atoms with Crippen LogP contribution in [0.5, 0.6) is 0 Å². The van der Waals surface area contributed by atoms with Crippen LogP contribution in [0.15, 0.2) is 48.5 Å². The molecule has 0 saturated carbocycles. The molecule has 0 atom stereocenters. The van der Waals surface area contributed by atoms with E-state index < -0.39 is 0 Å². The smallest absolute Gasteiger partial charge is 0.224 e. The molecule has 2 aromatic rings. The van der Waals surface area contributed by atoms with Crippen molar-refractivity contribution in [3.8, 4) is 0 Å². The number of anilines is 3. The third-order valence-electron chi connectivity index (χ3n) is 3.83. The Hall–Kier alpha value is -2.29. The Morgan fingerprint density at radius 2 is 1.90 bits per heavy atom. The summed E-state index contributed by atoms with van der Waals surface area (Å²) in [5, 5.41) is 2.92. The summed E-state index contributed by atoms with van der Waals surface area (Å²) in [6.45, 7) is 3.02. The highest BCUT2D eigenvalue weighted by atomic mass is 16.1. The molecule has 1 aliphatic heterocycles. The fourth-order valence-electron chi connectivity index (χ4n) is 2.78. The van der Waals surface area contributed by atoms with Gasteiger partial charge in [0.15, 0.2) is 0 Å². The van der Waals surface area contributed by atoms with E-state index in [2.05, 4.69) is 46.6 Å². The number of fused-ring (bicyclic) bond motifs is 1. The van der Waals surface area contributed by atoms with Crippen LogP contribution in [0.4, 0.5) is 17.1 Å². The molecule has 0 aliphatic carbocycles. The van der Waals surface area contributed by atoms with E-state index in [0.29, 0.717) is 6.42 Å². The SMILES string of the molecule is CCCC(=O)Nc1ccc(N2CCc3ccccc32)cc1. The van der Waals surface area contributed by atoms with Gasteiger partial charge in [-0.05, 0) is 48.7 Å². The molecule has 1 amide bonds. The lowest BCUT2D eigenvalue weighted by Gasteiger charge is -2.20. The summed E-state index contributed by atoms with van der Waals surface area (Å²) in [5.41, 5.74) is 4.73. The lowest BCUT2D eigenvalue weighted by Crippen LogP contribution is -2.14. The number of nitrogens with one attached hydrogen (secondary N) is 1. The van der Waals surface area contributed by atoms with Gasteiger partial charge in [0.05, 0.1) is 0 Å². The van der Waals surface area contributed by atoms with Gasteiger partial charge in [-0.2, -0.15) is 0 Å². The van der Waals surface area contributed by atoms with Crippen LogP contribution in [0, 0.1) is 0 Å². The van der Waals surface area contributed by atoms with Crippen molar-refractivity contribution in [2.75, 3.05) is 16.8 Å². The van der Waals surface area contributed by atoms with Crippen molar-refractivity contribution in [2.45, 2.75) is 26.2 Å². The maximum absolute atomic E-state index is 11.6. The van der Waals surface area contributed by atoms with Gasteiger partial charge in [-0.15, -0.1) is 0 Å². The molecule has 0 radical (unpaired) electrons. The van der Waals surface area contributed by atoms with Gasteiger partial charge in [-0.1, -0.05) is 25.1 Å². The highest BCUT2D eigenvalue weighted by molar-refractivity contribution is 5.90. The second-order valence-corrected chi connectivity index (χ2v) is 5.38. The molecule has 0 unspecified atom stereocenters. The molecule has 1 N–H and O–H groups in total. The number of rotatable bonds is 4. The maximum Gasteiger partial charge on any atom is 0.224 e. The summed E-state index contributed by atoms with van der Waals surface area (Å²) in [6, 6.07) is 16.6. The number of carbonyl (C=O) groups excluding carboxylic acids is 1. The predicted molar refractivity (Wildman–Crippen MR) is 87.1 cm³/mol. The molecular formula is C18H20N2O. The van der Waals surface area contributed by atoms with Crippen molar-refractivity contribution < 1.29 is 4.79 Å². The Balaban J connectivity index is 1.75. The van der Waals surface area contributed by atoms with Crippen LogP contribution in [-0.4, -0.2) is 12.5 Å². The molecule has 3 rings (SSSR count). The molecular weight excluding hydrogens is 260 g/mol. The van der Waals surface area contributed by atoms with E-state index >= 15 is 0 Å². The molecule has 0 saturated heterocycles. The van der Waals surface area contributed by atoms with Crippen LogP contribution in [0.3, 0.4) is 0 Å². The van der Waals surface area contributed by atoms with E-state index in [1.807, 2.05) is 19.1 Å².